The summed E-state index contributed by atoms with van der Waals surface area (Å²) in [5.41, 5.74) is 0.240. The van der Waals surface area contributed by atoms with Crippen molar-refractivity contribution in [1.82, 2.24) is 0 Å². The molecule has 2 N–H and O–H groups in total. The molecule has 2 nitrogen and oxygen atoms in total. The third-order valence-corrected chi connectivity index (χ3v) is 5.79. The summed E-state index contributed by atoms with van der Waals surface area (Å²) < 4.78 is 0. The van der Waals surface area contributed by atoms with E-state index in [1.807, 2.05) is 121 Å². The van der Waals surface area contributed by atoms with Gasteiger partial charge in [-0.15, -0.1) is 0 Å². The van der Waals surface area contributed by atoms with Gasteiger partial charge in [-0.05, 0) is 22.3 Å². The molecule has 0 saturated carbocycles. The molecule has 0 saturated heterocycles. The molecule has 0 radical (unpaired) electrons. The maximum absolute atomic E-state index is 12.3. The normalized spacial score (nSPS) is 15.1. The van der Waals surface area contributed by atoms with Crippen molar-refractivity contribution < 1.29 is 10.2 Å². The minimum absolute atomic E-state index is 0.288. The van der Waals surface area contributed by atoms with Crippen LogP contribution in [0.25, 0.3) is 0 Å². The fourth-order valence-electron chi connectivity index (χ4n) is 4.18. The zero-order valence-corrected chi connectivity index (χ0v) is 16.9. The van der Waals surface area contributed by atoms with Gasteiger partial charge >= 0.3 is 0 Å². The van der Waals surface area contributed by atoms with Gasteiger partial charge in [-0.2, -0.15) is 0 Å². The lowest BCUT2D eigenvalue weighted by Crippen LogP contribution is -2.52. The maximum atomic E-state index is 12.3. The van der Waals surface area contributed by atoms with Crippen LogP contribution in [0.2, 0.25) is 0 Å². The monoisotopic (exact) mass is 394 g/mol. The summed E-state index contributed by atoms with van der Waals surface area (Å²) in [5, 5.41) is 24.6. The third-order valence-electron chi connectivity index (χ3n) is 5.79. The molecule has 0 bridgehead atoms. The summed E-state index contributed by atoms with van der Waals surface area (Å²) in [6.45, 7) is 0. The van der Waals surface area contributed by atoms with E-state index in [1.165, 1.54) is 0 Å². The van der Waals surface area contributed by atoms with E-state index in [-0.39, 0.29) is 12.8 Å². The standard InChI is InChI=1S/C28H26O2/c29-27(25-17-9-3-10-18-25,21-23-13-5-1-6-14-23)28(30,26-19-11-4-12-20-26)22-24-15-7-2-8-16-24/h1-20,29-30H,21-22H2/t27-,28+. The van der Waals surface area contributed by atoms with Crippen LogP contribution in [0.5, 0.6) is 0 Å². The molecule has 0 aromatic heterocycles. The highest BCUT2D eigenvalue weighted by molar-refractivity contribution is 5.38. The number of rotatable bonds is 7. The molecule has 0 fully saturated rings. The molecule has 0 aliphatic carbocycles. The topological polar surface area (TPSA) is 40.5 Å². The molecule has 0 unspecified atom stereocenters. The minimum atomic E-state index is -1.53. The van der Waals surface area contributed by atoms with Crippen molar-refractivity contribution in [2.75, 3.05) is 0 Å². The number of hydrogen-bond donors (Lipinski definition) is 2. The molecule has 0 heterocycles. The Hall–Kier alpha value is -3.20. The van der Waals surface area contributed by atoms with Crippen molar-refractivity contribution >= 4 is 0 Å². The summed E-state index contributed by atoms with van der Waals surface area (Å²) in [4.78, 5) is 0. The molecule has 0 amide bonds. The molecule has 4 rings (SSSR count). The fraction of sp³-hybridized carbons (Fsp3) is 0.143. The van der Waals surface area contributed by atoms with E-state index in [0.717, 1.165) is 11.1 Å². The first-order valence-corrected chi connectivity index (χ1v) is 10.3. The van der Waals surface area contributed by atoms with Crippen molar-refractivity contribution in [1.29, 1.82) is 0 Å². The average Bonchev–Trinajstić information content (AvgIpc) is 2.81. The van der Waals surface area contributed by atoms with Crippen LogP contribution in [0.1, 0.15) is 22.3 Å². The number of aliphatic hydroxyl groups is 2. The van der Waals surface area contributed by atoms with Crippen molar-refractivity contribution in [3.05, 3.63) is 144 Å². The SMILES string of the molecule is O[C@](Cc1ccccc1)(c1ccccc1)[C@](O)(Cc1ccccc1)c1ccccc1. The molecule has 150 valence electrons. The van der Waals surface area contributed by atoms with Gasteiger partial charge in [0.1, 0.15) is 11.2 Å². The Kier molecular flexibility index (Phi) is 5.80. The largest absolute Gasteiger partial charge is 0.381 e. The van der Waals surface area contributed by atoms with Crippen LogP contribution in [0, 0.1) is 0 Å². The average molecular weight is 395 g/mol. The van der Waals surface area contributed by atoms with Crippen LogP contribution in [0.4, 0.5) is 0 Å². The first-order valence-electron chi connectivity index (χ1n) is 10.3. The van der Waals surface area contributed by atoms with Gasteiger partial charge in [0.15, 0.2) is 0 Å². The first-order chi connectivity index (χ1) is 14.6. The molecule has 2 atom stereocenters. The highest BCUT2D eigenvalue weighted by Gasteiger charge is 2.51. The Bertz CT molecular complexity index is 960. The summed E-state index contributed by atoms with van der Waals surface area (Å²) in [5.74, 6) is 0. The van der Waals surface area contributed by atoms with Crippen LogP contribution in [0.15, 0.2) is 121 Å². The molecular formula is C28H26O2. The van der Waals surface area contributed by atoms with Gasteiger partial charge in [0.2, 0.25) is 0 Å². The lowest BCUT2D eigenvalue weighted by atomic mass is 9.67. The second kappa shape index (κ2) is 8.66. The van der Waals surface area contributed by atoms with Crippen LogP contribution in [0.3, 0.4) is 0 Å². The highest BCUT2D eigenvalue weighted by atomic mass is 16.4. The third kappa shape index (κ3) is 3.93. The Balaban J connectivity index is 1.91. The van der Waals surface area contributed by atoms with Gasteiger partial charge in [-0.1, -0.05) is 121 Å². The van der Waals surface area contributed by atoms with E-state index in [0.29, 0.717) is 11.1 Å². The van der Waals surface area contributed by atoms with Crippen LogP contribution >= 0.6 is 0 Å². The van der Waals surface area contributed by atoms with E-state index in [4.69, 9.17) is 0 Å². The molecule has 2 heteroatoms. The van der Waals surface area contributed by atoms with Crippen LogP contribution in [-0.2, 0) is 24.0 Å². The predicted octanol–water partition coefficient (Wildman–Crippen LogP) is 5.25. The van der Waals surface area contributed by atoms with Crippen LogP contribution < -0.4 is 0 Å². The minimum Gasteiger partial charge on any atom is -0.381 e. The maximum Gasteiger partial charge on any atom is 0.127 e. The second-order valence-corrected chi connectivity index (χ2v) is 7.78. The highest BCUT2D eigenvalue weighted by Crippen LogP contribution is 2.45. The van der Waals surface area contributed by atoms with Crippen molar-refractivity contribution in [2.45, 2.75) is 24.0 Å². The lowest BCUT2D eigenvalue weighted by molar-refractivity contribution is -0.165. The molecule has 0 aliphatic rings. The summed E-state index contributed by atoms with van der Waals surface area (Å²) in [6, 6.07) is 38.7. The van der Waals surface area contributed by atoms with Crippen molar-refractivity contribution in [3.63, 3.8) is 0 Å². The molecule has 30 heavy (non-hydrogen) atoms. The number of benzene rings is 4. The molecule has 0 spiro atoms. The second-order valence-electron chi connectivity index (χ2n) is 7.78. The lowest BCUT2D eigenvalue weighted by Gasteiger charge is -2.45. The molecule has 4 aromatic rings. The van der Waals surface area contributed by atoms with Gasteiger partial charge < -0.3 is 10.2 Å². The first kappa shape index (κ1) is 20.1. The fourth-order valence-corrected chi connectivity index (χ4v) is 4.18. The zero-order chi connectivity index (χ0) is 20.9. The Morgan fingerprint density at radius 1 is 0.400 bits per heavy atom. The van der Waals surface area contributed by atoms with E-state index in [1.54, 1.807) is 0 Å². The summed E-state index contributed by atoms with van der Waals surface area (Å²) in [6.07, 6.45) is 0.576. The Labute approximate surface area is 178 Å². The predicted molar refractivity (Wildman–Crippen MR) is 121 cm³/mol. The van der Waals surface area contributed by atoms with Crippen molar-refractivity contribution in [3.8, 4) is 0 Å². The van der Waals surface area contributed by atoms with Gasteiger partial charge in [-0.25, -0.2) is 0 Å². The Morgan fingerprint density at radius 3 is 0.967 bits per heavy atom. The molecular weight excluding hydrogens is 368 g/mol. The smallest absolute Gasteiger partial charge is 0.127 e. The summed E-state index contributed by atoms with van der Waals surface area (Å²) >= 11 is 0. The summed E-state index contributed by atoms with van der Waals surface area (Å²) in [7, 11) is 0. The molecule has 4 aromatic carbocycles. The van der Waals surface area contributed by atoms with Gasteiger partial charge in [-0.3, -0.25) is 0 Å². The van der Waals surface area contributed by atoms with Gasteiger partial charge in [0, 0.05) is 12.8 Å². The quantitative estimate of drug-likeness (QED) is 0.450. The van der Waals surface area contributed by atoms with E-state index in [2.05, 4.69) is 0 Å². The zero-order valence-electron chi connectivity index (χ0n) is 16.9. The van der Waals surface area contributed by atoms with Crippen molar-refractivity contribution in [2.24, 2.45) is 0 Å². The van der Waals surface area contributed by atoms with Gasteiger partial charge in [0.05, 0.1) is 0 Å². The van der Waals surface area contributed by atoms with E-state index < -0.39 is 11.2 Å². The van der Waals surface area contributed by atoms with E-state index in [9.17, 15) is 10.2 Å². The van der Waals surface area contributed by atoms with Gasteiger partial charge in [0.25, 0.3) is 0 Å². The molecule has 0 aliphatic heterocycles. The Morgan fingerprint density at radius 2 is 0.667 bits per heavy atom. The number of hydrogen-bond acceptors (Lipinski definition) is 2. The van der Waals surface area contributed by atoms with Crippen LogP contribution in [-0.4, -0.2) is 10.2 Å². The van der Waals surface area contributed by atoms with E-state index >= 15 is 0 Å².